The second-order valence-corrected chi connectivity index (χ2v) is 4.50. The lowest BCUT2D eigenvalue weighted by Crippen LogP contribution is -2.32. The summed E-state index contributed by atoms with van der Waals surface area (Å²) in [5.74, 6) is 0.839. The summed E-state index contributed by atoms with van der Waals surface area (Å²) in [7, 11) is 2.22. The lowest BCUT2D eigenvalue weighted by molar-refractivity contribution is 0.281. The van der Waals surface area contributed by atoms with Crippen LogP contribution >= 0.6 is 0 Å². The van der Waals surface area contributed by atoms with Gasteiger partial charge >= 0.3 is 0 Å². The van der Waals surface area contributed by atoms with Crippen molar-refractivity contribution in [3.63, 3.8) is 0 Å². The van der Waals surface area contributed by atoms with Gasteiger partial charge in [-0.25, -0.2) is 0 Å². The third kappa shape index (κ3) is 5.27. The molecule has 0 bridgehead atoms. The molecule has 1 atom stereocenters. The maximum absolute atomic E-state index is 3.54. The summed E-state index contributed by atoms with van der Waals surface area (Å²) in [6.07, 6.45) is 4.09. The van der Waals surface area contributed by atoms with E-state index in [9.17, 15) is 0 Å². The van der Waals surface area contributed by atoms with Crippen molar-refractivity contribution in [3.05, 3.63) is 0 Å². The Labute approximate surface area is 82.7 Å². The Kier molecular flexibility index (Phi) is 4.74. The van der Waals surface area contributed by atoms with Crippen molar-refractivity contribution in [2.24, 2.45) is 5.92 Å². The lowest BCUT2D eigenvalue weighted by atomic mass is 10.1. The number of hydrogen-bond acceptors (Lipinski definition) is 2. The monoisotopic (exact) mass is 184 g/mol. The van der Waals surface area contributed by atoms with Gasteiger partial charge in [0, 0.05) is 25.7 Å². The van der Waals surface area contributed by atoms with Gasteiger partial charge in [-0.1, -0.05) is 20.3 Å². The van der Waals surface area contributed by atoms with Crippen molar-refractivity contribution < 1.29 is 0 Å². The second-order valence-electron chi connectivity index (χ2n) is 4.50. The highest BCUT2D eigenvalue weighted by molar-refractivity contribution is 4.80. The van der Waals surface area contributed by atoms with Crippen LogP contribution in [0.1, 0.15) is 33.1 Å². The van der Waals surface area contributed by atoms with Gasteiger partial charge < -0.3 is 10.2 Å². The summed E-state index contributed by atoms with van der Waals surface area (Å²) in [5, 5.41) is 3.54. The Bertz CT molecular complexity index is 132. The number of nitrogens with one attached hydrogen (secondary N) is 1. The summed E-state index contributed by atoms with van der Waals surface area (Å²) in [6, 6.07) is 0.858. The molecule has 1 N–H and O–H groups in total. The van der Waals surface area contributed by atoms with E-state index in [1.807, 2.05) is 0 Å². The molecule has 1 aliphatic rings. The molecule has 0 aromatic rings. The molecular formula is C11H24N2. The Balaban J connectivity index is 1.92. The Hall–Kier alpha value is -0.0800. The van der Waals surface area contributed by atoms with Gasteiger partial charge in [-0.3, -0.25) is 0 Å². The summed E-state index contributed by atoms with van der Waals surface area (Å²) in [5.41, 5.74) is 0. The van der Waals surface area contributed by atoms with Gasteiger partial charge in [-0.2, -0.15) is 0 Å². The van der Waals surface area contributed by atoms with Crippen LogP contribution in [0.25, 0.3) is 0 Å². The van der Waals surface area contributed by atoms with E-state index in [1.165, 1.54) is 32.4 Å². The molecule has 78 valence electrons. The summed E-state index contributed by atoms with van der Waals surface area (Å²) < 4.78 is 0. The van der Waals surface area contributed by atoms with Gasteiger partial charge in [0.15, 0.2) is 0 Å². The largest absolute Gasteiger partial charge is 0.313 e. The van der Waals surface area contributed by atoms with Crippen LogP contribution in [0.3, 0.4) is 0 Å². The third-order valence-electron chi connectivity index (χ3n) is 2.82. The molecule has 0 saturated heterocycles. The predicted molar refractivity (Wildman–Crippen MR) is 58.0 cm³/mol. The minimum atomic E-state index is 0.839. The minimum Gasteiger partial charge on any atom is -0.313 e. The van der Waals surface area contributed by atoms with E-state index in [0.717, 1.165) is 18.5 Å². The van der Waals surface area contributed by atoms with Crippen molar-refractivity contribution in [2.75, 3.05) is 26.7 Å². The highest BCUT2D eigenvalue weighted by atomic mass is 15.1. The summed E-state index contributed by atoms with van der Waals surface area (Å²) in [6.45, 7) is 8.19. The van der Waals surface area contributed by atoms with E-state index in [4.69, 9.17) is 0 Å². The zero-order valence-electron chi connectivity index (χ0n) is 9.34. The molecular weight excluding hydrogens is 160 g/mol. The van der Waals surface area contributed by atoms with E-state index in [1.54, 1.807) is 0 Å². The molecule has 0 aromatic heterocycles. The summed E-state index contributed by atoms with van der Waals surface area (Å²) in [4.78, 5) is 2.43. The zero-order valence-corrected chi connectivity index (χ0v) is 9.34. The fraction of sp³-hybridized carbons (Fsp3) is 1.00. The fourth-order valence-corrected chi connectivity index (χ4v) is 1.50. The van der Waals surface area contributed by atoms with Gasteiger partial charge in [0.1, 0.15) is 0 Å². The van der Waals surface area contributed by atoms with Crippen molar-refractivity contribution in [2.45, 2.75) is 39.2 Å². The number of nitrogens with zero attached hydrogens (tertiary/aromatic N) is 1. The SMILES string of the molecule is CCC(C)CN(C)CCNC1CC1. The van der Waals surface area contributed by atoms with Crippen LogP contribution in [0.2, 0.25) is 0 Å². The molecule has 2 nitrogen and oxygen atoms in total. The van der Waals surface area contributed by atoms with Crippen LogP contribution in [0.5, 0.6) is 0 Å². The molecule has 1 fully saturated rings. The molecule has 0 amide bonds. The smallest absolute Gasteiger partial charge is 0.0104 e. The molecule has 0 spiro atoms. The molecule has 13 heavy (non-hydrogen) atoms. The van der Waals surface area contributed by atoms with Crippen LogP contribution in [0.4, 0.5) is 0 Å². The van der Waals surface area contributed by atoms with Crippen molar-refractivity contribution in [3.8, 4) is 0 Å². The molecule has 1 rings (SSSR count). The maximum Gasteiger partial charge on any atom is 0.0104 e. The van der Waals surface area contributed by atoms with Crippen molar-refractivity contribution in [1.82, 2.24) is 10.2 Å². The summed E-state index contributed by atoms with van der Waals surface area (Å²) >= 11 is 0. The molecule has 2 heteroatoms. The van der Waals surface area contributed by atoms with Gasteiger partial charge in [-0.05, 0) is 25.8 Å². The number of hydrogen-bond donors (Lipinski definition) is 1. The Morgan fingerprint density at radius 3 is 2.69 bits per heavy atom. The highest BCUT2D eigenvalue weighted by Gasteiger charge is 2.19. The maximum atomic E-state index is 3.54. The van der Waals surface area contributed by atoms with Crippen molar-refractivity contribution in [1.29, 1.82) is 0 Å². The van der Waals surface area contributed by atoms with Crippen LogP contribution in [0.15, 0.2) is 0 Å². The van der Waals surface area contributed by atoms with E-state index >= 15 is 0 Å². The molecule has 1 aliphatic carbocycles. The van der Waals surface area contributed by atoms with E-state index < -0.39 is 0 Å². The van der Waals surface area contributed by atoms with Crippen LogP contribution in [-0.4, -0.2) is 37.6 Å². The zero-order chi connectivity index (χ0) is 9.68. The van der Waals surface area contributed by atoms with Crippen LogP contribution in [0, 0.1) is 5.92 Å². The first-order valence-electron chi connectivity index (χ1n) is 5.64. The van der Waals surface area contributed by atoms with Crippen molar-refractivity contribution >= 4 is 0 Å². The number of rotatable bonds is 7. The van der Waals surface area contributed by atoms with Crippen LogP contribution < -0.4 is 5.32 Å². The Morgan fingerprint density at radius 1 is 1.46 bits per heavy atom. The average Bonchev–Trinajstić information content (AvgIpc) is 2.88. The van der Waals surface area contributed by atoms with Gasteiger partial charge in [0.2, 0.25) is 0 Å². The van der Waals surface area contributed by atoms with Crippen LogP contribution in [-0.2, 0) is 0 Å². The topological polar surface area (TPSA) is 15.3 Å². The number of likely N-dealkylation sites (N-methyl/N-ethyl adjacent to an activating group) is 1. The first kappa shape index (κ1) is 11.0. The average molecular weight is 184 g/mol. The molecule has 0 aliphatic heterocycles. The molecule has 0 heterocycles. The molecule has 0 aromatic carbocycles. The van der Waals surface area contributed by atoms with E-state index in [-0.39, 0.29) is 0 Å². The highest BCUT2D eigenvalue weighted by Crippen LogP contribution is 2.17. The van der Waals surface area contributed by atoms with Gasteiger partial charge in [0.25, 0.3) is 0 Å². The first-order valence-corrected chi connectivity index (χ1v) is 5.64. The molecule has 0 radical (unpaired) electrons. The fourth-order valence-electron chi connectivity index (χ4n) is 1.50. The second kappa shape index (κ2) is 5.61. The quantitative estimate of drug-likeness (QED) is 0.648. The predicted octanol–water partition coefficient (Wildman–Crippen LogP) is 1.72. The lowest BCUT2D eigenvalue weighted by Gasteiger charge is -2.20. The van der Waals surface area contributed by atoms with Gasteiger partial charge in [-0.15, -0.1) is 0 Å². The normalized spacial score (nSPS) is 19.4. The standard InChI is InChI=1S/C11H24N2/c1-4-10(2)9-13(3)8-7-12-11-5-6-11/h10-12H,4-9H2,1-3H3. The molecule has 1 saturated carbocycles. The van der Waals surface area contributed by atoms with Gasteiger partial charge in [0.05, 0.1) is 0 Å². The minimum absolute atomic E-state index is 0.839. The third-order valence-corrected chi connectivity index (χ3v) is 2.82. The van der Waals surface area contributed by atoms with E-state index in [2.05, 4.69) is 31.1 Å². The first-order chi connectivity index (χ1) is 6.22. The van der Waals surface area contributed by atoms with E-state index in [0.29, 0.717) is 0 Å². The molecule has 1 unspecified atom stereocenters. The Morgan fingerprint density at radius 2 is 2.15 bits per heavy atom.